The van der Waals surface area contributed by atoms with Gasteiger partial charge in [0, 0.05) is 78.5 Å². The van der Waals surface area contributed by atoms with Gasteiger partial charge in [0.05, 0.1) is 125 Å². The van der Waals surface area contributed by atoms with Gasteiger partial charge in [-0.15, -0.1) is 0 Å². The molecule has 0 aliphatic rings. The molecule has 4 aromatic rings. The van der Waals surface area contributed by atoms with E-state index >= 15 is 0 Å². The summed E-state index contributed by atoms with van der Waals surface area (Å²) in [5, 5.41) is 27.5. The first kappa shape index (κ1) is 105. The van der Waals surface area contributed by atoms with E-state index in [1.54, 1.807) is 0 Å². The molecular formula is C87H134N10O25. The SMILES string of the molecule is CCCCC[C@H](NC(=O)[C@H](CCCCNC(=O)OCc1ccccc1)NC(=O)OCc1ccccc1)C(=O)NCCCOCCOCCOCCCNC(=O)CCOCCOCCOCCOCCOCCC(=O)NCCCOCCOCCOCCCNC(=O)CNC(=O)[C@H](CCCCNC(=O)OCc1ccccc1)NC(=O)OCc1ccccc1. The summed E-state index contributed by atoms with van der Waals surface area (Å²) >= 11 is 0. The highest BCUT2D eigenvalue weighted by molar-refractivity contribution is 5.91. The molecule has 10 N–H and O–H groups in total. The van der Waals surface area contributed by atoms with E-state index in [4.69, 9.17) is 71.1 Å². The number of rotatable bonds is 76. The number of alkyl carbamates (subject to hydrolysis) is 4. The van der Waals surface area contributed by atoms with Gasteiger partial charge in [-0.1, -0.05) is 148 Å². The number of nitrogens with one attached hydrogen (secondary N) is 10. The van der Waals surface area contributed by atoms with Crippen molar-refractivity contribution in [2.75, 3.05) is 191 Å². The molecule has 0 saturated heterocycles. The number of ether oxygens (including phenoxy) is 15. The molecule has 35 nitrogen and oxygen atoms in total. The third-order valence-corrected chi connectivity index (χ3v) is 17.6. The second-order valence-electron chi connectivity index (χ2n) is 27.8. The zero-order chi connectivity index (χ0) is 87.3. The van der Waals surface area contributed by atoms with E-state index in [2.05, 4.69) is 60.1 Å². The Morgan fingerprint density at radius 3 is 0.844 bits per heavy atom. The smallest absolute Gasteiger partial charge is 0.408 e. The fraction of sp³-hybridized carbons (Fsp3) is 0.609. The molecule has 4 aromatic carbocycles. The van der Waals surface area contributed by atoms with E-state index in [0.717, 1.165) is 35.1 Å². The summed E-state index contributed by atoms with van der Waals surface area (Å²) in [7, 11) is 0. The van der Waals surface area contributed by atoms with Crippen LogP contribution in [-0.4, -0.2) is 269 Å². The molecule has 0 fully saturated rings. The molecule has 122 heavy (non-hydrogen) atoms. The third-order valence-electron chi connectivity index (χ3n) is 17.6. The third kappa shape index (κ3) is 59.9. The van der Waals surface area contributed by atoms with Gasteiger partial charge >= 0.3 is 24.4 Å². The molecule has 0 heterocycles. The summed E-state index contributed by atoms with van der Waals surface area (Å²) in [6.07, 6.45) is 5.41. The van der Waals surface area contributed by atoms with Crippen LogP contribution in [0.3, 0.4) is 0 Å². The fourth-order valence-corrected chi connectivity index (χ4v) is 11.0. The Morgan fingerprint density at radius 1 is 0.246 bits per heavy atom. The van der Waals surface area contributed by atoms with Gasteiger partial charge < -0.3 is 124 Å². The van der Waals surface area contributed by atoms with Crippen molar-refractivity contribution in [3.05, 3.63) is 144 Å². The molecule has 0 unspecified atom stereocenters. The van der Waals surface area contributed by atoms with E-state index in [1.807, 2.05) is 121 Å². The summed E-state index contributed by atoms with van der Waals surface area (Å²) in [6.45, 7) is 12.3. The van der Waals surface area contributed by atoms with Crippen molar-refractivity contribution in [3.8, 4) is 0 Å². The fourth-order valence-electron chi connectivity index (χ4n) is 11.0. The Morgan fingerprint density at radius 2 is 0.508 bits per heavy atom. The lowest BCUT2D eigenvalue weighted by Gasteiger charge is -2.23. The largest absolute Gasteiger partial charge is 0.445 e. The van der Waals surface area contributed by atoms with E-state index in [0.29, 0.717) is 236 Å². The van der Waals surface area contributed by atoms with Crippen LogP contribution >= 0.6 is 0 Å². The highest BCUT2D eigenvalue weighted by Crippen LogP contribution is 2.11. The zero-order valence-electron chi connectivity index (χ0n) is 71.1. The van der Waals surface area contributed by atoms with Crippen molar-refractivity contribution in [2.24, 2.45) is 0 Å². The molecule has 4 rings (SSSR count). The van der Waals surface area contributed by atoms with Crippen molar-refractivity contribution in [3.63, 3.8) is 0 Å². The molecule has 3 atom stereocenters. The van der Waals surface area contributed by atoms with Gasteiger partial charge in [0.1, 0.15) is 44.6 Å². The predicted molar refractivity (Wildman–Crippen MR) is 452 cm³/mol. The Hall–Kier alpha value is -9.66. The average Bonchev–Trinajstić information content (AvgIpc) is 0.881. The summed E-state index contributed by atoms with van der Waals surface area (Å²) in [5.41, 5.74) is 3.28. The molecule has 10 amide bonds. The number of unbranched alkanes of at least 4 members (excludes halogenated alkanes) is 4. The molecule has 682 valence electrons. The van der Waals surface area contributed by atoms with Gasteiger partial charge in [-0.25, -0.2) is 19.2 Å². The van der Waals surface area contributed by atoms with Crippen LogP contribution < -0.4 is 53.2 Å². The van der Waals surface area contributed by atoms with Crippen molar-refractivity contribution in [2.45, 2.75) is 154 Å². The van der Waals surface area contributed by atoms with Gasteiger partial charge in [-0.2, -0.15) is 0 Å². The van der Waals surface area contributed by atoms with Gasteiger partial charge in [0.2, 0.25) is 35.4 Å². The summed E-state index contributed by atoms with van der Waals surface area (Å²) in [4.78, 5) is 127. The maximum Gasteiger partial charge on any atom is 0.408 e. The summed E-state index contributed by atoms with van der Waals surface area (Å²) in [5.74, 6) is -2.05. The molecule has 0 saturated carbocycles. The standard InChI is InChI=1S/C87H134N10O25/c1-2-3-8-33-75(95-83(103)77(97-87(107)122-70-74-31-15-7-16-32-74)35-18-20-39-93-85(105)120-68-72-27-11-5-12-28-72)81(101)91-43-24-47-111-53-59-115-57-51-109-45-22-41-89-79(99)37-49-113-55-61-117-63-65-118-64-62-116-60-54-112-48-36-78(98)88-40-21-44-108-50-56-114-58-52-110-46-23-42-90-80(100)66-94-82(102)76(96-86(106)121-69-73-29-13-6-14-30-73)34-17-19-38-92-84(104)119-67-71-25-9-4-10-26-71/h4-7,9-16,25-32,75-77H,2-3,8,17-24,33-70H2,1H3,(H,88,98)(H,89,99)(H,90,100)(H,91,101)(H,92,104)(H,93,105)(H,94,102)(H,95,103)(H,96,106)(H,97,107)/t75-,76-,77-/m0/s1. The minimum Gasteiger partial charge on any atom is -0.445 e. The van der Waals surface area contributed by atoms with Crippen LogP contribution in [0.2, 0.25) is 0 Å². The van der Waals surface area contributed by atoms with E-state index < -0.39 is 60.2 Å². The normalized spacial score (nSPS) is 11.7. The van der Waals surface area contributed by atoms with Crippen LogP contribution in [-0.2, 0) is 126 Å². The second-order valence-corrected chi connectivity index (χ2v) is 27.8. The molecule has 0 radical (unpaired) electrons. The maximum absolute atomic E-state index is 13.8. The first-order valence-electron chi connectivity index (χ1n) is 42.6. The van der Waals surface area contributed by atoms with Crippen LogP contribution in [0, 0.1) is 0 Å². The lowest BCUT2D eigenvalue weighted by molar-refractivity contribution is -0.130. The van der Waals surface area contributed by atoms with Crippen LogP contribution in [0.1, 0.15) is 132 Å². The molecule has 0 aliphatic heterocycles. The first-order valence-corrected chi connectivity index (χ1v) is 42.6. The highest BCUT2D eigenvalue weighted by Gasteiger charge is 2.28. The topological polar surface area (TPSA) is 429 Å². The lowest BCUT2D eigenvalue weighted by atomic mass is 10.0. The monoisotopic (exact) mass is 1720 g/mol. The number of carbonyl (C=O) groups excluding carboxylic acids is 10. The predicted octanol–water partition coefficient (Wildman–Crippen LogP) is 6.94. The number of benzene rings is 4. The molecular weight excluding hydrogens is 1590 g/mol. The Kier molecular flexibility index (Phi) is 63.5. The number of amides is 10. The number of carbonyl (C=O) groups is 10. The average molecular weight is 1720 g/mol. The van der Waals surface area contributed by atoms with E-state index in [9.17, 15) is 47.9 Å². The van der Waals surface area contributed by atoms with Gasteiger partial charge in [0.25, 0.3) is 0 Å². The molecule has 0 aromatic heterocycles. The second kappa shape index (κ2) is 74.0. The highest BCUT2D eigenvalue weighted by atomic mass is 16.6. The van der Waals surface area contributed by atoms with Crippen molar-refractivity contribution < 1.29 is 119 Å². The minimum absolute atomic E-state index is 0.0121. The van der Waals surface area contributed by atoms with Crippen LogP contribution in [0.5, 0.6) is 0 Å². The van der Waals surface area contributed by atoms with Crippen LogP contribution in [0.15, 0.2) is 121 Å². The number of hydrogen-bond acceptors (Lipinski definition) is 25. The lowest BCUT2D eigenvalue weighted by Crippen LogP contribution is -2.54. The van der Waals surface area contributed by atoms with Crippen molar-refractivity contribution in [1.82, 2.24) is 53.2 Å². The Labute approximate surface area is 717 Å². The minimum atomic E-state index is -1.00. The zero-order valence-corrected chi connectivity index (χ0v) is 71.1. The van der Waals surface area contributed by atoms with Gasteiger partial charge in [-0.05, 0) is 92.9 Å². The molecule has 0 aliphatic carbocycles. The molecule has 35 heteroatoms. The van der Waals surface area contributed by atoms with Crippen molar-refractivity contribution >= 4 is 59.8 Å². The van der Waals surface area contributed by atoms with E-state index in [1.165, 1.54) is 0 Å². The molecule has 0 bridgehead atoms. The summed E-state index contributed by atoms with van der Waals surface area (Å²) < 4.78 is 82.5. The van der Waals surface area contributed by atoms with Gasteiger partial charge in [0.15, 0.2) is 0 Å². The quantitative estimate of drug-likeness (QED) is 0.0158. The summed E-state index contributed by atoms with van der Waals surface area (Å²) in [6, 6.07) is 34.1. The Balaban J connectivity index is 0.843. The van der Waals surface area contributed by atoms with E-state index in [-0.39, 0.29) is 89.6 Å². The van der Waals surface area contributed by atoms with Crippen LogP contribution in [0.4, 0.5) is 19.2 Å². The van der Waals surface area contributed by atoms with Crippen molar-refractivity contribution in [1.29, 1.82) is 0 Å². The first-order chi connectivity index (χ1) is 59.8. The Bertz CT molecular complexity index is 3370. The van der Waals surface area contributed by atoms with Crippen LogP contribution in [0.25, 0.3) is 0 Å². The molecule has 0 spiro atoms. The maximum atomic E-state index is 13.8. The number of hydrogen-bond donors (Lipinski definition) is 10. The van der Waals surface area contributed by atoms with Gasteiger partial charge in [-0.3, -0.25) is 28.8 Å².